The lowest BCUT2D eigenvalue weighted by atomic mass is 9.81. The third-order valence-corrected chi connectivity index (χ3v) is 4.93. The molecule has 1 aliphatic rings. The highest BCUT2D eigenvalue weighted by Gasteiger charge is 2.40. The molecule has 0 radical (unpaired) electrons. The van der Waals surface area contributed by atoms with Crippen molar-refractivity contribution in [3.05, 3.63) is 0 Å². The van der Waals surface area contributed by atoms with E-state index in [-0.39, 0.29) is 16.1 Å². The van der Waals surface area contributed by atoms with Gasteiger partial charge in [-0.05, 0) is 39.5 Å². The molecule has 1 unspecified atom stereocenters. The summed E-state index contributed by atoms with van der Waals surface area (Å²) in [4.78, 5) is 12.4. The van der Waals surface area contributed by atoms with E-state index >= 15 is 0 Å². The van der Waals surface area contributed by atoms with Crippen molar-refractivity contribution in [2.24, 2.45) is 5.41 Å². The summed E-state index contributed by atoms with van der Waals surface area (Å²) in [7, 11) is 0. The molecular formula is C13H26N2OS. The fraction of sp³-hybridized carbons (Fsp3) is 0.923. The summed E-state index contributed by atoms with van der Waals surface area (Å²) in [5.74, 6) is 0.242. The first-order valence-corrected chi connectivity index (χ1v) is 7.72. The van der Waals surface area contributed by atoms with Crippen LogP contribution >= 0.6 is 11.8 Å². The van der Waals surface area contributed by atoms with Gasteiger partial charge in [0.15, 0.2) is 0 Å². The average Bonchev–Trinajstić information content (AvgIpc) is 2.76. The lowest BCUT2D eigenvalue weighted by Gasteiger charge is -2.29. The van der Waals surface area contributed by atoms with Gasteiger partial charge in [0.1, 0.15) is 0 Å². The summed E-state index contributed by atoms with van der Waals surface area (Å²) in [6.45, 7) is 9.04. The minimum Gasteiger partial charge on any atom is -0.354 e. The monoisotopic (exact) mass is 258 g/mol. The molecule has 1 amide bonds. The predicted molar refractivity (Wildman–Crippen MR) is 75.4 cm³/mol. The van der Waals surface area contributed by atoms with E-state index in [2.05, 4.69) is 37.7 Å². The number of thioether (sulfide) groups is 1. The van der Waals surface area contributed by atoms with Gasteiger partial charge in [0, 0.05) is 17.8 Å². The normalized spacial score (nSPS) is 24.9. The Balaban J connectivity index is 2.55. The van der Waals surface area contributed by atoms with Gasteiger partial charge in [-0.1, -0.05) is 13.3 Å². The van der Waals surface area contributed by atoms with Crippen molar-refractivity contribution >= 4 is 17.7 Å². The molecule has 0 bridgehead atoms. The lowest BCUT2D eigenvalue weighted by molar-refractivity contribution is -0.130. The minimum absolute atomic E-state index is 0.120. The zero-order chi connectivity index (χ0) is 12.9. The quantitative estimate of drug-likeness (QED) is 0.766. The maximum Gasteiger partial charge on any atom is 0.227 e. The van der Waals surface area contributed by atoms with Crippen molar-refractivity contribution in [1.82, 2.24) is 10.6 Å². The van der Waals surface area contributed by atoms with Crippen molar-refractivity contribution in [3.8, 4) is 0 Å². The fourth-order valence-corrected chi connectivity index (χ4v) is 2.51. The van der Waals surface area contributed by atoms with Gasteiger partial charge in [-0.3, -0.25) is 4.79 Å². The Morgan fingerprint density at radius 2 is 2.24 bits per heavy atom. The number of carbonyl (C=O) groups excluding carboxylic acids is 1. The van der Waals surface area contributed by atoms with Crippen LogP contribution in [0, 0.1) is 5.41 Å². The number of hydrogen-bond donors (Lipinski definition) is 2. The number of nitrogens with one attached hydrogen (secondary N) is 2. The van der Waals surface area contributed by atoms with Crippen LogP contribution in [0.5, 0.6) is 0 Å². The van der Waals surface area contributed by atoms with E-state index in [0.717, 1.165) is 38.9 Å². The molecule has 1 rings (SSSR count). The van der Waals surface area contributed by atoms with Crippen LogP contribution in [0.25, 0.3) is 0 Å². The Bertz CT molecular complexity index is 260. The Labute approximate surface area is 109 Å². The smallest absolute Gasteiger partial charge is 0.227 e. The van der Waals surface area contributed by atoms with Crippen LogP contribution in [0.15, 0.2) is 0 Å². The number of hydrogen-bond acceptors (Lipinski definition) is 3. The van der Waals surface area contributed by atoms with Crippen LogP contribution in [0.4, 0.5) is 0 Å². The summed E-state index contributed by atoms with van der Waals surface area (Å²) in [5.41, 5.74) is -0.150. The van der Waals surface area contributed by atoms with E-state index < -0.39 is 0 Å². The van der Waals surface area contributed by atoms with Crippen LogP contribution in [-0.2, 0) is 4.79 Å². The van der Waals surface area contributed by atoms with Gasteiger partial charge in [0.2, 0.25) is 5.91 Å². The Kier molecular flexibility index (Phi) is 5.32. The maximum absolute atomic E-state index is 12.4. The SMILES string of the molecule is CCCC1(C(=O)NCC(C)(C)SC)CCNC1. The zero-order valence-electron chi connectivity index (χ0n) is 11.6. The topological polar surface area (TPSA) is 41.1 Å². The first-order chi connectivity index (χ1) is 7.96. The summed E-state index contributed by atoms with van der Waals surface area (Å²) >= 11 is 1.79. The van der Waals surface area contributed by atoms with Crippen molar-refractivity contribution < 1.29 is 4.79 Å². The molecule has 4 heteroatoms. The molecule has 1 fully saturated rings. The fourth-order valence-electron chi connectivity index (χ4n) is 2.30. The largest absolute Gasteiger partial charge is 0.354 e. The van der Waals surface area contributed by atoms with Crippen LogP contribution in [-0.4, -0.2) is 36.5 Å². The van der Waals surface area contributed by atoms with Crippen LogP contribution in [0.1, 0.15) is 40.0 Å². The second-order valence-corrected chi connectivity index (χ2v) is 7.12. The molecule has 0 aromatic carbocycles. The molecule has 0 aliphatic carbocycles. The molecule has 0 aromatic heterocycles. The second kappa shape index (κ2) is 6.10. The van der Waals surface area contributed by atoms with Gasteiger partial charge < -0.3 is 10.6 Å². The van der Waals surface area contributed by atoms with Crippen molar-refractivity contribution in [2.75, 3.05) is 25.9 Å². The zero-order valence-corrected chi connectivity index (χ0v) is 12.4. The van der Waals surface area contributed by atoms with Gasteiger partial charge in [-0.25, -0.2) is 0 Å². The molecule has 1 saturated heterocycles. The molecule has 2 N–H and O–H groups in total. The lowest BCUT2D eigenvalue weighted by Crippen LogP contribution is -2.46. The highest BCUT2D eigenvalue weighted by molar-refractivity contribution is 7.99. The first-order valence-electron chi connectivity index (χ1n) is 6.50. The molecule has 0 aromatic rings. The third kappa shape index (κ3) is 3.88. The summed E-state index contributed by atoms with van der Waals surface area (Å²) in [6, 6.07) is 0. The number of carbonyl (C=O) groups is 1. The summed E-state index contributed by atoms with van der Waals surface area (Å²) in [5, 5.41) is 6.47. The Morgan fingerprint density at radius 1 is 1.53 bits per heavy atom. The van der Waals surface area contributed by atoms with Gasteiger partial charge in [-0.2, -0.15) is 11.8 Å². The number of amides is 1. The average molecular weight is 258 g/mol. The van der Waals surface area contributed by atoms with Crippen LogP contribution < -0.4 is 10.6 Å². The summed E-state index contributed by atoms with van der Waals surface area (Å²) in [6.07, 6.45) is 5.13. The number of rotatable bonds is 6. The molecule has 1 heterocycles. The van der Waals surface area contributed by atoms with Crippen molar-refractivity contribution in [1.29, 1.82) is 0 Å². The molecule has 0 saturated carbocycles. The Hall–Kier alpha value is -0.220. The van der Waals surface area contributed by atoms with E-state index in [1.165, 1.54) is 0 Å². The van der Waals surface area contributed by atoms with Crippen molar-refractivity contribution in [3.63, 3.8) is 0 Å². The molecule has 3 nitrogen and oxygen atoms in total. The van der Waals surface area contributed by atoms with E-state index in [1.807, 2.05) is 0 Å². The van der Waals surface area contributed by atoms with Gasteiger partial charge in [0.05, 0.1) is 5.41 Å². The molecule has 1 aliphatic heterocycles. The second-order valence-electron chi connectivity index (χ2n) is 5.60. The highest BCUT2D eigenvalue weighted by atomic mass is 32.2. The Morgan fingerprint density at radius 3 is 2.71 bits per heavy atom. The molecule has 0 spiro atoms. The predicted octanol–water partition coefficient (Wildman–Crippen LogP) is 2.02. The van der Waals surface area contributed by atoms with E-state index in [4.69, 9.17) is 0 Å². The summed E-state index contributed by atoms with van der Waals surface area (Å²) < 4.78 is 0.120. The van der Waals surface area contributed by atoms with Gasteiger partial charge >= 0.3 is 0 Å². The standard InChI is InChI=1S/C13H26N2OS/c1-5-6-13(7-8-14-10-13)11(16)15-9-12(2,3)17-4/h14H,5-10H2,1-4H3,(H,15,16). The molecular weight excluding hydrogens is 232 g/mol. The van der Waals surface area contributed by atoms with E-state index in [9.17, 15) is 4.79 Å². The first kappa shape index (κ1) is 14.8. The van der Waals surface area contributed by atoms with Gasteiger partial charge in [-0.15, -0.1) is 0 Å². The van der Waals surface area contributed by atoms with Gasteiger partial charge in [0.25, 0.3) is 0 Å². The highest BCUT2D eigenvalue weighted by Crippen LogP contribution is 2.31. The molecule has 17 heavy (non-hydrogen) atoms. The third-order valence-electron chi connectivity index (χ3n) is 3.68. The van der Waals surface area contributed by atoms with E-state index in [0.29, 0.717) is 0 Å². The van der Waals surface area contributed by atoms with Crippen LogP contribution in [0.3, 0.4) is 0 Å². The van der Waals surface area contributed by atoms with E-state index in [1.54, 1.807) is 11.8 Å². The maximum atomic E-state index is 12.4. The molecule has 1 atom stereocenters. The van der Waals surface area contributed by atoms with Crippen LogP contribution in [0.2, 0.25) is 0 Å². The minimum atomic E-state index is -0.150. The molecule has 100 valence electrons. The van der Waals surface area contributed by atoms with Crippen molar-refractivity contribution in [2.45, 2.75) is 44.8 Å².